The number of fused-ring (bicyclic) bond motifs is 3. The zero-order valence-corrected chi connectivity index (χ0v) is 17.1. The third-order valence-electron chi connectivity index (χ3n) is 6.09. The molecule has 1 aliphatic heterocycles. The third kappa shape index (κ3) is 3.15. The smallest absolute Gasteiger partial charge is 0.255 e. The number of aryl methyl sites for hydroxylation is 1. The van der Waals surface area contributed by atoms with E-state index < -0.39 is 0 Å². The van der Waals surface area contributed by atoms with Crippen molar-refractivity contribution in [1.82, 2.24) is 14.5 Å². The summed E-state index contributed by atoms with van der Waals surface area (Å²) in [5, 5.41) is 0. The second kappa shape index (κ2) is 7.57. The quantitative estimate of drug-likeness (QED) is 0.669. The maximum atomic E-state index is 12.8. The van der Waals surface area contributed by atoms with Gasteiger partial charge in [0.25, 0.3) is 5.56 Å². The summed E-state index contributed by atoms with van der Waals surface area (Å²) >= 11 is 0. The van der Waals surface area contributed by atoms with E-state index in [2.05, 4.69) is 22.0 Å². The van der Waals surface area contributed by atoms with Crippen LogP contribution in [0.1, 0.15) is 23.7 Å². The van der Waals surface area contributed by atoms with Gasteiger partial charge in [-0.3, -0.25) is 14.3 Å². The van der Waals surface area contributed by atoms with Crippen LogP contribution < -0.4 is 15.2 Å². The van der Waals surface area contributed by atoms with E-state index in [0.717, 1.165) is 24.2 Å². The maximum Gasteiger partial charge on any atom is 0.255 e. The van der Waals surface area contributed by atoms with Crippen molar-refractivity contribution in [3.05, 3.63) is 70.3 Å². The van der Waals surface area contributed by atoms with Crippen molar-refractivity contribution < 1.29 is 9.47 Å². The van der Waals surface area contributed by atoms with Crippen LogP contribution in [0.15, 0.2) is 53.6 Å². The van der Waals surface area contributed by atoms with Crippen molar-refractivity contribution in [1.29, 1.82) is 0 Å². The maximum absolute atomic E-state index is 12.8. The molecular formula is C23H24N4O3. The lowest BCUT2D eigenvalue weighted by molar-refractivity contribution is 0.00164. The molecule has 0 saturated carbocycles. The highest BCUT2D eigenvalue weighted by Crippen LogP contribution is 2.40. The number of benzene rings is 1. The number of morpholine rings is 1. The Balaban J connectivity index is 1.56. The second-order valence-corrected chi connectivity index (χ2v) is 7.73. The van der Waals surface area contributed by atoms with Crippen LogP contribution >= 0.6 is 0 Å². The largest absolute Gasteiger partial charge is 0.497 e. The molecular weight excluding hydrogens is 380 g/mol. The first-order valence-electron chi connectivity index (χ1n) is 10.2. The van der Waals surface area contributed by atoms with Crippen molar-refractivity contribution in [2.45, 2.75) is 25.0 Å². The Kier molecular flexibility index (Phi) is 4.75. The lowest BCUT2D eigenvalue weighted by Crippen LogP contribution is -2.51. The van der Waals surface area contributed by atoms with Crippen LogP contribution in [0, 0.1) is 0 Å². The van der Waals surface area contributed by atoms with Gasteiger partial charge in [0.1, 0.15) is 11.9 Å². The van der Waals surface area contributed by atoms with E-state index in [1.165, 1.54) is 11.1 Å². The fraction of sp³-hybridized carbons (Fsp3) is 0.348. The van der Waals surface area contributed by atoms with Gasteiger partial charge in [0.15, 0.2) is 0 Å². The molecule has 1 aromatic carbocycles. The van der Waals surface area contributed by atoms with Crippen LogP contribution in [0.5, 0.6) is 5.75 Å². The Labute approximate surface area is 174 Å². The number of rotatable bonds is 3. The predicted octanol–water partition coefficient (Wildman–Crippen LogP) is 2.74. The van der Waals surface area contributed by atoms with Gasteiger partial charge in [0.2, 0.25) is 5.95 Å². The molecule has 0 bridgehead atoms. The van der Waals surface area contributed by atoms with E-state index in [9.17, 15) is 4.79 Å². The fourth-order valence-corrected chi connectivity index (χ4v) is 4.52. The van der Waals surface area contributed by atoms with Crippen molar-refractivity contribution in [2.75, 3.05) is 25.2 Å². The summed E-state index contributed by atoms with van der Waals surface area (Å²) in [6.07, 6.45) is 5.26. The second-order valence-electron chi connectivity index (χ2n) is 7.73. The van der Waals surface area contributed by atoms with E-state index in [1.54, 1.807) is 37.2 Å². The number of aromatic nitrogens is 3. The van der Waals surface area contributed by atoms with Crippen LogP contribution in [-0.2, 0) is 18.2 Å². The van der Waals surface area contributed by atoms with Crippen molar-refractivity contribution in [2.24, 2.45) is 7.05 Å². The Morgan fingerprint density at radius 3 is 2.80 bits per heavy atom. The molecule has 1 saturated heterocycles. The number of ether oxygens (including phenoxy) is 2. The molecule has 154 valence electrons. The minimum atomic E-state index is -0.0762. The molecule has 7 nitrogen and oxygen atoms in total. The van der Waals surface area contributed by atoms with Crippen LogP contribution in [0.25, 0.3) is 11.3 Å². The van der Waals surface area contributed by atoms with Gasteiger partial charge in [-0.2, -0.15) is 0 Å². The highest BCUT2D eigenvalue weighted by atomic mass is 16.5. The van der Waals surface area contributed by atoms with E-state index in [4.69, 9.17) is 14.5 Å². The van der Waals surface area contributed by atoms with Crippen molar-refractivity contribution in [3.63, 3.8) is 0 Å². The molecule has 0 unspecified atom stereocenters. The predicted molar refractivity (Wildman–Crippen MR) is 114 cm³/mol. The molecule has 5 rings (SSSR count). The minimum absolute atomic E-state index is 0.0703. The van der Waals surface area contributed by atoms with Gasteiger partial charge in [0, 0.05) is 37.6 Å². The van der Waals surface area contributed by atoms with Crippen molar-refractivity contribution >= 4 is 5.95 Å². The van der Waals surface area contributed by atoms with E-state index in [1.807, 2.05) is 18.2 Å². The summed E-state index contributed by atoms with van der Waals surface area (Å²) in [6, 6.07) is 11.7. The first-order chi connectivity index (χ1) is 14.7. The average Bonchev–Trinajstić information content (AvgIpc) is 2.80. The number of methoxy groups -OCH3 is 1. The lowest BCUT2D eigenvalue weighted by Gasteiger charge is -2.45. The molecule has 1 fully saturated rings. The molecule has 2 aromatic heterocycles. The van der Waals surface area contributed by atoms with Crippen LogP contribution in [-0.4, -0.2) is 40.8 Å². The Morgan fingerprint density at radius 1 is 1.17 bits per heavy atom. The molecule has 0 amide bonds. The normalized spacial score (nSPS) is 20.4. The van der Waals surface area contributed by atoms with Gasteiger partial charge in [-0.25, -0.2) is 4.98 Å². The number of anilines is 1. The standard InChI is InChI=1S/C23H24N4O3/c1-26-21(28)14-19(16-7-9-24-10-8-16)25-23(26)27-11-12-30-22-18-13-17(29-2)5-3-15(18)4-6-20(22)27/h3,5,7-10,13-14,20,22H,4,6,11-12H2,1-2H3/t20-,22-/m1/s1. The topological polar surface area (TPSA) is 69.5 Å². The molecule has 1 aliphatic carbocycles. The molecule has 0 N–H and O–H groups in total. The molecule has 2 aliphatic rings. The number of pyridine rings is 1. The number of hydrogen-bond donors (Lipinski definition) is 0. The van der Waals surface area contributed by atoms with E-state index in [-0.39, 0.29) is 17.7 Å². The van der Waals surface area contributed by atoms with Gasteiger partial charge in [-0.1, -0.05) is 6.07 Å². The zero-order chi connectivity index (χ0) is 20.7. The number of hydrogen-bond acceptors (Lipinski definition) is 6. The molecule has 0 radical (unpaired) electrons. The molecule has 0 spiro atoms. The molecule has 30 heavy (non-hydrogen) atoms. The monoisotopic (exact) mass is 404 g/mol. The Morgan fingerprint density at radius 2 is 2.00 bits per heavy atom. The van der Waals surface area contributed by atoms with Crippen LogP contribution in [0.3, 0.4) is 0 Å². The first-order valence-corrected chi connectivity index (χ1v) is 10.2. The molecule has 7 heteroatoms. The fourth-order valence-electron chi connectivity index (χ4n) is 4.52. The van der Waals surface area contributed by atoms with Gasteiger partial charge in [-0.05, 0) is 48.2 Å². The summed E-state index contributed by atoms with van der Waals surface area (Å²) in [4.78, 5) is 23.9. The van der Waals surface area contributed by atoms with E-state index >= 15 is 0 Å². The van der Waals surface area contributed by atoms with Gasteiger partial charge >= 0.3 is 0 Å². The molecule has 2 atom stereocenters. The average molecular weight is 404 g/mol. The summed E-state index contributed by atoms with van der Waals surface area (Å²) in [5.74, 6) is 1.51. The summed E-state index contributed by atoms with van der Waals surface area (Å²) < 4.78 is 13.3. The van der Waals surface area contributed by atoms with Gasteiger partial charge < -0.3 is 14.4 Å². The number of nitrogens with zero attached hydrogens (tertiary/aromatic N) is 4. The Bertz CT molecular complexity index is 1130. The Hall–Kier alpha value is -3.19. The third-order valence-corrected chi connectivity index (χ3v) is 6.09. The summed E-state index contributed by atoms with van der Waals surface area (Å²) in [6.45, 7) is 1.27. The SMILES string of the molecule is COc1ccc2c(c1)[C@H]1OCCN(c3nc(-c4ccncc4)cc(=O)n3C)[C@@H]1CC2. The van der Waals surface area contributed by atoms with Gasteiger partial charge in [-0.15, -0.1) is 0 Å². The first kappa shape index (κ1) is 18.8. The molecule has 3 heterocycles. The van der Waals surface area contributed by atoms with Crippen LogP contribution in [0.2, 0.25) is 0 Å². The van der Waals surface area contributed by atoms with Crippen LogP contribution in [0.4, 0.5) is 5.95 Å². The van der Waals surface area contributed by atoms with E-state index in [0.29, 0.717) is 24.8 Å². The zero-order valence-electron chi connectivity index (χ0n) is 17.1. The lowest BCUT2D eigenvalue weighted by atomic mass is 9.84. The highest BCUT2D eigenvalue weighted by Gasteiger charge is 2.39. The van der Waals surface area contributed by atoms with Crippen molar-refractivity contribution in [3.8, 4) is 17.0 Å². The summed E-state index contributed by atoms with van der Waals surface area (Å²) in [5.41, 5.74) is 3.94. The summed E-state index contributed by atoms with van der Waals surface area (Å²) in [7, 11) is 3.46. The minimum Gasteiger partial charge on any atom is -0.497 e. The molecule has 3 aromatic rings. The highest BCUT2D eigenvalue weighted by molar-refractivity contribution is 5.60. The van der Waals surface area contributed by atoms with Gasteiger partial charge in [0.05, 0.1) is 25.5 Å².